The molecule has 0 bridgehead atoms. The number of thiophene rings is 1. The maximum atomic E-state index is 14.5. The average molecular weight is 487 g/mol. The van der Waals surface area contributed by atoms with Gasteiger partial charge in [0, 0.05) is 62.4 Å². The molecule has 0 radical (unpaired) electrons. The maximum Gasteiger partial charge on any atom is 0.343 e. The van der Waals surface area contributed by atoms with Crippen LogP contribution >= 0.6 is 11.3 Å². The summed E-state index contributed by atoms with van der Waals surface area (Å²) >= 11 is 1.61. The summed E-state index contributed by atoms with van der Waals surface area (Å²) in [4.78, 5) is 27.7. The van der Waals surface area contributed by atoms with Gasteiger partial charge in [0.25, 0.3) is 5.56 Å². The number of rotatable bonds is 8. The predicted molar refractivity (Wildman–Crippen MR) is 127 cm³/mol. The SMILES string of the molecule is COC(=O)c1c(OCCc2ccsc2)cc(=O)n2c1CCN(Cc1ccc(OC)cc1F)CC2. The standard InChI is InChI=1S/C25H27FN2O5S/c1-31-19-4-3-18(20(26)13-19)15-27-8-5-21-24(25(30)32-2)22(14-23(29)28(21)10-9-27)33-11-6-17-7-12-34-16-17/h3-4,7,12-14,16H,5-6,8-11,15H2,1-2H3. The van der Waals surface area contributed by atoms with E-state index >= 15 is 0 Å². The zero-order valence-corrected chi connectivity index (χ0v) is 20.0. The normalized spacial score (nSPS) is 13.7. The van der Waals surface area contributed by atoms with Crippen LogP contribution in [0.4, 0.5) is 4.39 Å². The van der Waals surface area contributed by atoms with Crippen LogP contribution in [0.5, 0.6) is 11.5 Å². The van der Waals surface area contributed by atoms with E-state index in [2.05, 4.69) is 4.90 Å². The molecule has 9 heteroatoms. The molecule has 0 atom stereocenters. The second-order valence-electron chi connectivity index (χ2n) is 8.03. The summed E-state index contributed by atoms with van der Waals surface area (Å²) in [7, 11) is 2.81. The summed E-state index contributed by atoms with van der Waals surface area (Å²) in [5.41, 5.74) is 2.32. The first-order chi connectivity index (χ1) is 16.5. The first-order valence-electron chi connectivity index (χ1n) is 11.0. The van der Waals surface area contributed by atoms with Gasteiger partial charge in [-0.05, 0) is 28.5 Å². The minimum Gasteiger partial charge on any atom is -0.497 e. The van der Waals surface area contributed by atoms with Crippen molar-refractivity contribution in [3.8, 4) is 11.5 Å². The van der Waals surface area contributed by atoms with Gasteiger partial charge in [-0.3, -0.25) is 9.69 Å². The van der Waals surface area contributed by atoms with Crippen LogP contribution in [0.1, 0.15) is 27.2 Å². The third-order valence-corrected chi connectivity index (χ3v) is 6.69. The van der Waals surface area contributed by atoms with Crippen LogP contribution in [-0.4, -0.2) is 49.4 Å². The Balaban J connectivity index is 1.55. The molecule has 3 heterocycles. The summed E-state index contributed by atoms with van der Waals surface area (Å²) in [5, 5.41) is 4.03. The number of esters is 1. The second-order valence-corrected chi connectivity index (χ2v) is 8.81. The predicted octanol–water partition coefficient (Wildman–Crippen LogP) is 3.52. The monoisotopic (exact) mass is 486 g/mol. The van der Waals surface area contributed by atoms with Crippen molar-refractivity contribution in [2.45, 2.75) is 25.9 Å². The van der Waals surface area contributed by atoms with Crippen molar-refractivity contribution in [2.75, 3.05) is 33.9 Å². The number of fused-ring (bicyclic) bond motifs is 1. The van der Waals surface area contributed by atoms with Gasteiger partial charge in [0.2, 0.25) is 0 Å². The maximum absolute atomic E-state index is 14.5. The molecule has 0 saturated carbocycles. The number of methoxy groups -OCH3 is 2. The van der Waals surface area contributed by atoms with Gasteiger partial charge in [0.15, 0.2) is 0 Å². The lowest BCUT2D eigenvalue weighted by Crippen LogP contribution is -2.29. The smallest absolute Gasteiger partial charge is 0.343 e. The fraction of sp³-hybridized carbons (Fsp3) is 0.360. The third kappa shape index (κ3) is 5.31. The van der Waals surface area contributed by atoms with Gasteiger partial charge in [-0.2, -0.15) is 11.3 Å². The molecule has 0 amide bonds. The molecule has 0 saturated heterocycles. The average Bonchev–Trinajstić information content (AvgIpc) is 3.26. The van der Waals surface area contributed by atoms with E-state index in [1.165, 1.54) is 26.4 Å². The Morgan fingerprint density at radius 3 is 2.71 bits per heavy atom. The lowest BCUT2D eigenvalue weighted by molar-refractivity contribution is 0.0593. The molecule has 0 aliphatic carbocycles. The number of carbonyl (C=O) groups excluding carboxylic acids is 1. The summed E-state index contributed by atoms with van der Waals surface area (Å²) in [6.45, 7) is 2.19. The van der Waals surface area contributed by atoms with Gasteiger partial charge < -0.3 is 18.8 Å². The van der Waals surface area contributed by atoms with Crippen LogP contribution in [0.25, 0.3) is 0 Å². The number of aromatic nitrogens is 1. The van der Waals surface area contributed by atoms with Crippen molar-refractivity contribution < 1.29 is 23.4 Å². The Bertz CT molecular complexity index is 1210. The summed E-state index contributed by atoms with van der Waals surface area (Å²) in [5.74, 6) is -0.169. The van der Waals surface area contributed by atoms with Crippen molar-refractivity contribution in [1.82, 2.24) is 9.47 Å². The van der Waals surface area contributed by atoms with Gasteiger partial charge in [0.1, 0.15) is 22.9 Å². The van der Waals surface area contributed by atoms with E-state index in [9.17, 15) is 14.0 Å². The quantitative estimate of drug-likeness (QED) is 0.454. The van der Waals surface area contributed by atoms with Crippen molar-refractivity contribution in [1.29, 1.82) is 0 Å². The number of carbonyl (C=O) groups is 1. The fourth-order valence-corrected chi connectivity index (χ4v) is 4.83. The number of nitrogens with zero attached hydrogens (tertiary/aromatic N) is 2. The third-order valence-electron chi connectivity index (χ3n) is 5.96. The minimum absolute atomic E-state index is 0.231. The molecule has 2 aromatic heterocycles. The first kappa shape index (κ1) is 24.0. The first-order valence-corrected chi connectivity index (χ1v) is 12.0. The second kappa shape index (κ2) is 10.8. The van der Waals surface area contributed by atoms with Crippen LogP contribution in [-0.2, 0) is 30.7 Å². The number of pyridine rings is 1. The van der Waals surface area contributed by atoms with Gasteiger partial charge >= 0.3 is 5.97 Å². The Morgan fingerprint density at radius 1 is 1.15 bits per heavy atom. The number of ether oxygens (including phenoxy) is 3. The molecule has 34 heavy (non-hydrogen) atoms. The Hall–Kier alpha value is -3.17. The van der Waals surface area contributed by atoms with Crippen LogP contribution in [0, 0.1) is 5.82 Å². The van der Waals surface area contributed by atoms with E-state index in [1.807, 2.05) is 16.8 Å². The zero-order chi connectivity index (χ0) is 24.1. The Morgan fingerprint density at radius 2 is 2.00 bits per heavy atom. The molecule has 0 fully saturated rings. The molecular formula is C25H27FN2O5S. The number of halogens is 1. The lowest BCUT2D eigenvalue weighted by atomic mass is 10.1. The number of hydrogen-bond donors (Lipinski definition) is 0. The number of hydrogen-bond acceptors (Lipinski definition) is 7. The molecule has 4 rings (SSSR count). The van der Waals surface area contributed by atoms with Gasteiger partial charge in [-0.15, -0.1) is 0 Å². The molecule has 1 aliphatic rings. The molecule has 3 aromatic rings. The molecular weight excluding hydrogens is 459 g/mol. The van der Waals surface area contributed by atoms with E-state index in [0.717, 1.165) is 5.56 Å². The molecule has 1 aliphatic heterocycles. The number of benzene rings is 1. The highest BCUT2D eigenvalue weighted by Gasteiger charge is 2.26. The van der Waals surface area contributed by atoms with E-state index < -0.39 is 5.97 Å². The van der Waals surface area contributed by atoms with Crippen molar-refractivity contribution in [3.63, 3.8) is 0 Å². The molecule has 0 spiro atoms. The fourth-order valence-electron chi connectivity index (χ4n) is 4.13. The molecule has 0 unspecified atom stereocenters. The van der Waals surface area contributed by atoms with E-state index in [-0.39, 0.29) is 22.7 Å². The summed E-state index contributed by atoms with van der Waals surface area (Å²) in [6, 6.07) is 8.17. The molecule has 0 N–H and O–H groups in total. The highest BCUT2D eigenvalue weighted by Crippen LogP contribution is 2.25. The van der Waals surface area contributed by atoms with Gasteiger partial charge in [0.05, 0.1) is 20.8 Å². The van der Waals surface area contributed by atoms with E-state index in [1.54, 1.807) is 28.0 Å². The van der Waals surface area contributed by atoms with Crippen LogP contribution in [0.2, 0.25) is 0 Å². The van der Waals surface area contributed by atoms with Crippen molar-refractivity contribution >= 4 is 17.3 Å². The summed E-state index contributed by atoms with van der Waals surface area (Å²) < 4.78 is 32.1. The van der Waals surface area contributed by atoms with Crippen molar-refractivity contribution in [2.24, 2.45) is 0 Å². The molecule has 1 aromatic carbocycles. The Kier molecular flexibility index (Phi) is 7.64. The summed E-state index contributed by atoms with van der Waals surface area (Å²) in [6.07, 6.45) is 1.10. The topological polar surface area (TPSA) is 70.0 Å². The van der Waals surface area contributed by atoms with E-state index in [0.29, 0.717) is 62.6 Å². The van der Waals surface area contributed by atoms with Crippen LogP contribution in [0.15, 0.2) is 45.9 Å². The molecule has 180 valence electrons. The minimum atomic E-state index is -0.538. The zero-order valence-electron chi connectivity index (χ0n) is 19.2. The Labute approximate surface area is 201 Å². The highest BCUT2D eigenvalue weighted by atomic mass is 32.1. The van der Waals surface area contributed by atoms with Crippen molar-refractivity contribution in [3.05, 3.63) is 79.6 Å². The van der Waals surface area contributed by atoms with Gasteiger partial charge in [-0.25, -0.2) is 9.18 Å². The largest absolute Gasteiger partial charge is 0.497 e. The molecule has 7 nitrogen and oxygen atoms in total. The lowest BCUT2D eigenvalue weighted by Gasteiger charge is -2.20. The van der Waals surface area contributed by atoms with E-state index in [4.69, 9.17) is 14.2 Å². The van der Waals surface area contributed by atoms with Crippen LogP contribution < -0.4 is 15.0 Å². The van der Waals surface area contributed by atoms with Gasteiger partial charge in [-0.1, -0.05) is 6.07 Å². The highest BCUT2D eigenvalue weighted by molar-refractivity contribution is 7.07. The van der Waals surface area contributed by atoms with Crippen LogP contribution in [0.3, 0.4) is 0 Å².